The smallest absolute Gasteiger partial charge is 0.248 e. The van der Waals surface area contributed by atoms with Gasteiger partial charge in [0.1, 0.15) is 16.8 Å². The van der Waals surface area contributed by atoms with Gasteiger partial charge in [-0.2, -0.15) is 4.80 Å². The van der Waals surface area contributed by atoms with Crippen LogP contribution < -0.4 is 10.1 Å². The lowest BCUT2D eigenvalue weighted by molar-refractivity contribution is -0.111. The molecule has 0 spiro atoms. The number of anilines is 1. The van der Waals surface area contributed by atoms with Crippen molar-refractivity contribution in [3.63, 3.8) is 0 Å². The maximum absolute atomic E-state index is 12.5. The van der Waals surface area contributed by atoms with Crippen molar-refractivity contribution in [1.82, 2.24) is 15.0 Å². The molecular formula is C26H24Cl2N4O2. The molecule has 8 heteroatoms. The Morgan fingerprint density at radius 3 is 2.56 bits per heavy atom. The molecule has 0 fully saturated rings. The first-order chi connectivity index (χ1) is 16.5. The van der Waals surface area contributed by atoms with Gasteiger partial charge in [-0.1, -0.05) is 48.7 Å². The third kappa shape index (κ3) is 5.58. The van der Waals surface area contributed by atoms with E-state index in [1.165, 1.54) is 31.6 Å². The number of hydrogen-bond acceptors (Lipinski definition) is 4. The average Bonchev–Trinajstić information content (AvgIpc) is 3.25. The van der Waals surface area contributed by atoms with Crippen LogP contribution in [0.25, 0.3) is 22.8 Å². The van der Waals surface area contributed by atoms with E-state index >= 15 is 0 Å². The predicted octanol–water partition coefficient (Wildman–Crippen LogP) is 6.73. The van der Waals surface area contributed by atoms with Crippen LogP contribution in [0, 0.1) is 0 Å². The summed E-state index contributed by atoms with van der Waals surface area (Å²) in [6, 6.07) is 16.9. The second kappa shape index (κ2) is 10.7. The summed E-state index contributed by atoms with van der Waals surface area (Å²) in [4.78, 5) is 14.1. The molecule has 0 radical (unpaired) electrons. The van der Waals surface area contributed by atoms with E-state index in [0.717, 1.165) is 17.6 Å². The van der Waals surface area contributed by atoms with Gasteiger partial charge in [-0.15, -0.1) is 10.2 Å². The molecular weight excluding hydrogens is 471 g/mol. The van der Waals surface area contributed by atoms with Gasteiger partial charge in [0.15, 0.2) is 0 Å². The van der Waals surface area contributed by atoms with E-state index < -0.39 is 0 Å². The topological polar surface area (TPSA) is 69.0 Å². The molecule has 1 N–H and O–H groups in total. The third-order valence-corrected chi connectivity index (χ3v) is 5.79. The Hall–Kier alpha value is -3.35. The monoisotopic (exact) mass is 494 g/mol. The van der Waals surface area contributed by atoms with Gasteiger partial charge < -0.3 is 10.1 Å². The number of carbonyl (C=O) groups is 1. The molecule has 4 aromatic rings. The summed E-state index contributed by atoms with van der Waals surface area (Å²) in [6.07, 6.45) is 6.41. The van der Waals surface area contributed by atoms with Crippen LogP contribution in [-0.4, -0.2) is 28.0 Å². The number of halogens is 2. The van der Waals surface area contributed by atoms with Crippen molar-refractivity contribution >= 4 is 51.9 Å². The molecule has 0 atom stereocenters. The lowest BCUT2D eigenvalue weighted by atomic mass is 10.1. The molecule has 0 unspecified atom stereocenters. The summed E-state index contributed by atoms with van der Waals surface area (Å²) in [6.45, 7) is 2.19. The number of hydrogen-bond donors (Lipinski definition) is 1. The Labute approximate surface area is 208 Å². The molecule has 0 aliphatic carbocycles. The van der Waals surface area contributed by atoms with Gasteiger partial charge in [0.05, 0.1) is 17.8 Å². The molecule has 6 nitrogen and oxygen atoms in total. The summed E-state index contributed by atoms with van der Waals surface area (Å²) >= 11 is 12.2. The summed E-state index contributed by atoms with van der Waals surface area (Å²) < 4.78 is 5.30. The molecule has 0 saturated carbocycles. The number of carbonyl (C=O) groups excluding carboxylic acids is 1. The third-order valence-electron chi connectivity index (χ3n) is 5.29. The van der Waals surface area contributed by atoms with Crippen molar-refractivity contribution in [1.29, 1.82) is 0 Å². The van der Waals surface area contributed by atoms with Crippen molar-refractivity contribution in [3.05, 3.63) is 81.8 Å². The minimum atomic E-state index is -0.312. The maximum Gasteiger partial charge on any atom is 0.248 e. The highest BCUT2D eigenvalue weighted by atomic mass is 35.5. The van der Waals surface area contributed by atoms with Crippen LogP contribution in [0.2, 0.25) is 10.0 Å². The number of methoxy groups -OCH3 is 1. The Balaban J connectivity index is 1.48. The number of ether oxygens (including phenoxy) is 1. The molecule has 0 aliphatic rings. The Morgan fingerprint density at radius 1 is 1.06 bits per heavy atom. The fraction of sp³-hybridized carbons (Fsp3) is 0.192. The van der Waals surface area contributed by atoms with E-state index in [9.17, 15) is 4.79 Å². The lowest BCUT2D eigenvalue weighted by Crippen LogP contribution is -2.07. The molecule has 0 saturated heterocycles. The van der Waals surface area contributed by atoms with Crippen LogP contribution in [0.5, 0.6) is 5.75 Å². The van der Waals surface area contributed by atoms with Gasteiger partial charge in [0, 0.05) is 22.3 Å². The first kappa shape index (κ1) is 23.8. The van der Waals surface area contributed by atoms with E-state index in [4.69, 9.17) is 27.9 Å². The number of aryl methyl sites for hydroxylation is 1. The molecule has 4 rings (SSSR count). The molecule has 0 bridgehead atoms. The summed E-state index contributed by atoms with van der Waals surface area (Å²) in [5.74, 6) is 0.138. The number of unbranched alkanes of at least 4 members (excludes halogenated alkanes) is 1. The first-order valence-electron chi connectivity index (χ1n) is 11.0. The largest absolute Gasteiger partial charge is 0.495 e. The van der Waals surface area contributed by atoms with Crippen molar-refractivity contribution < 1.29 is 9.53 Å². The van der Waals surface area contributed by atoms with E-state index in [2.05, 4.69) is 34.6 Å². The summed E-state index contributed by atoms with van der Waals surface area (Å²) in [7, 11) is 1.51. The molecule has 1 aromatic heterocycles. The van der Waals surface area contributed by atoms with Crippen LogP contribution in [0.15, 0.2) is 60.7 Å². The average molecular weight is 495 g/mol. The minimum Gasteiger partial charge on any atom is -0.495 e. The van der Waals surface area contributed by atoms with Gasteiger partial charge in [0.2, 0.25) is 5.91 Å². The molecule has 1 amide bonds. The SMILES string of the molecule is CCCCc1ccc(-n2nc3ccc(NC(=O)/C=C/c4cc(Cl)cc(Cl)c4OC)cc3n2)cc1. The predicted molar refractivity (Wildman–Crippen MR) is 138 cm³/mol. The second-order valence-electron chi connectivity index (χ2n) is 7.80. The van der Waals surface area contributed by atoms with Crippen LogP contribution in [0.3, 0.4) is 0 Å². The molecule has 3 aromatic carbocycles. The molecule has 34 heavy (non-hydrogen) atoms. The molecule has 174 valence electrons. The van der Waals surface area contributed by atoms with E-state index in [0.29, 0.717) is 32.6 Å². The van der Waals surface area contributed by atoms with Crippen molar-refractivity contribution in [2.45, 2.75) is 26.2 Å². The van der Waals surface area contributed by atoms with E-state index in [1.807, 2.05) is 18.2 Å². The lowest BCUT2D eigenvalue weighted by Gasteiger charge is -2.08. The zero-order chi connectivity index (χ0) is 24.1. The number of nitrogens with zero attached hydrogens (tertiary/aromatic N) is 3. The number of aromatic nitrogens is 3. The van der Waals surface area contributed by atoms with Crippen LogP contribution in [-0.2, 0) is 11.2 Å². The van der Waals surface area contributed by atoms with Gasteiger partial charge in [0.25, 0.3) is 0 Å². The van der Waals surface area contributed by atoms with Crippen molar-refractivity contribution in [2.75, 3.05) is 12.4 Å². The van der Waals surface area contributed by atoms with Crippen molar-refractivity contribution in [3.8, 4) is 11.4 Å². The summed E-state index contributed by atoms with van der Waals surface area (Å²) in [5.41, 5.74) is 4.83. The van der Waals surface area contributed by atoms with Gasteiger partial charge >= 0.3 is 0 Å². The Morgan fingerprint density at radius 2 is 1.82 bits per heavy atom. The number of amides is 1. The summed E-state index contributed by atoms with van der Waals surface area (Å²) in [5, 5.41) is 12.8. The Bertz CT molecular complexity index is 1350. The number of benzene rings is 3. The number of nitrogens with one attached hydrogen (secondary N) is 1. The molecule has 1 heterocycles. The highest BCUT2D eigenvalue weighted by Gasteiger charge is 2.09. The van der Waals surface area contributed by atoms with Crippen LogP contribution in [0.1, 0.15) is 30.9 Å². The van der Waals surface area contributed by atoms with Crippen LogP contribution >= 0.6 is 23.2 Å². The van der Waals surface area contributed by atoms with E-state index in [1.54, 1.807) is 35.1 Å². The minimum absolute atomic E-state index is 0.312. The zero-order valence-corrected chi connectivity index (χ0v) is 20.4. The Kier molecular flexibility index (Phi) is 7.50. The highest BCUT2D eigenvalue weighted by molar-refractivity contribution is 6.36. The fourth-order valence-electron chi connectivity index (χ4n) is 3.55. The van der Waals surface area contributed by atoms with Gasteiger partial charge in [-0.3, -0.25) is 4.79 Å². The number of rotatable bonds is 8. The first-order valence-corrected chi connectivity index (χ1v) is 11.7. The van der Waals surface area contributed by atoms with Crippen molar-refractivity contribution in [2.24, 2.45) is 0 Å². The van der Waals surface area contributed by atoms with E-state index in [-0.39, 0.29) is 5.91 Å². The number of fused-ring (bicyclic) bond motifs is 1. The second-order valence-corrected chi connectivity index (χ2v) is 8.64. The maximum atomic E-state index is 12.5. The zero-order valence-electron chi connectivity index (χ0n) is 18.9. The highest BCUT2D eigenvalue weighted by Crippen LogP contribution is 2.33. The van der Waals surface area contributed by atoms with Crippen LogP contribution in [0.4, 0.5) is 5.69 Å². The standard InChI is InChI=1S/C26H24Cl2N4O2/c1-3-4-5-17-6-10-21(11-7-17)32-30-23-12-9-20(16-24(23)31-32)29-25(33)13-8-18-14-19(27)15-22(28)26(18)34-2/h6-16H,3-5H2,1-2H3,(H,29,33)/b13-8+. The normalized spacial score (nSPS) is 11.3. The van der Waals surface area contributed by atoms with Gasteiger partial charge in [-0.25, -0.2) is 0 Å². The molecule has 0 aliphatic heterocycles. The van der Waals surface area contributed by atoms with Gasteiger partial charge in [-0.05, 0) is 66.9 Å². The quantitative estimate of drug-likeness (QED) is 0.275. The fourth-order valence-corrected chi connectivity index (χ4v) is 4.14.